The zero-order valence-corrected chi connectivity index (χ0v) is 17.7. The van der Waals surface area contributed by atoms with Crippen molar-refractivity contribution in [1.29, 1.82) is 5.26 Å². The van der Waals surface area contributed by atoms with Crippen LogP contribution in [0.3, 0.4) is 0 Å². The molecule has 0 radical (unpaired) electrons. The fourth-order valence-electron chi connectivity index (χ4n) is 3.69. The molecule has 7 heteroatoms. The second-order valence-corrected chi connectivity index (χ2v) is 9.37. The summed E-state index contributed by atoms with van der Waals surface area (Å²) in [4.78, 5) is 31.3. The Bertz CT molecular complexity index is 1000. The summed E-state index contributed by atoms with van der Waals surface area (Å²) in [5, 5.41) is 9.56. The lowest BCUT2D eigenvalue weighted by atomic mass is 9.87. The molecule has 4 rings (SSSR count). The molecule has 2 aromatic rings. The van der Waals surface area contributed by atoms with Gasteiger partial charge < -0.3 is 0 Å². The molecular weight excluding hydrogens is 438 g/mol. The molecule has 28 heavy (non-hydrogen) atoms. The Balaban J connectivity index is 1.60. The molecular formula is C21H18BrN3O2S. The standard InChI is InChI=1S/C21H18BrN3O2S/c1-12-2-7-17-13(8-12)9-14(11-23)20(24-17)28-18-10-19(26)25(21(18)27)16-5-3-15(22)4-6-16/h3-6,9,12,18H,2,7-8,10H2,1H3/t12-,18+/m1/s1. The van der Waals surface area contributed by atoms with Crippen molar-refractivity contribution in [3.05, 3.63) is 51.6 Å². The van der Waals surface area contributed by atoms with E-state index in [1.54, 1.807) is 24.3 Å². The molecule has 1 aliphatic carbocycles. The topological polar surface area (TPSA) is 74.1 Å². The second-order valence-electron chi connectivity index (χ2n) is 7.26. The van der Waals surface area contributed by atoms with Gasteiger partial charge in [0.2, 0.25) is 11.8 Å². The molecule has 142 valence electrons. The van der Waals surface area contributed by atoms with Crippen LogP contribution in [0.25, 0.3) is 0 Å². The molecule has 2 amide bonds. The number of nitriles is 1. The van der Waals surface area contributed by atoms with Crippen LogP contribution in [0.1, 0.15) is 36.6 Å². The van der Waals surface area contributed by atoms with Crippen LogP contribution in [-0.2, 0) is 22.4 Å². The predicted octanol–water partition coefficient (Wildman–Crippen LogP) is 4.26. The maximum Gasteiger partial charge on any atom is 0.247 e. The molecule has 2 atom stereocenters. The zero-order valence-electron chi connectivity index (χ0n) is 15.3. The molecule has 0 bridgehead atoms. The number of nitrogens with zero attached hydrogens (tertiary/aromatic N) is 3. The van der Waals surface area contributed by atoms with Crippen LogP contribution in [0.2, 0.25) is 0 Å². The molecule has 0 saturated carbocycles. The van der Waals surface area contributed by atoms with E-state index in [-0.39, 0.29) is 18.2 Å². The number of aromatic nitrogens is 1. The van der Waals surface area contributed by atoms with E-state index in [2.05, 4.69) is 28.9 Å². The van der Waals surface area contributed by atoms with E-state index < -0.39 is 5.25 Å². The van der Waals surface area contributed by atoms with Gasteiger partial charge in [-0.1, -0.05) is 34.6 Å². The van der Waals surface area contributed by atoms with Crippen LogP contribution in [0.4, 0.5) is 5.69 Å². The molecule has 0 unspecified atom stereocenters. The Hall–Kier alpha value is -2.17. The number of amides is 2. The third kappa shape index (κ3) is 3.59. The first-order valence-electron chi connectivity index (χ1n) is 9.18. The molecule has 2 aliphatic rings. The number of hydrogen-bond donors (Lipinski definition) is 0. The fraction of sp³-hybridized carbons (Fsp3) is 0.333. The van der Waals surface area contributed by atoms with Gasteiger partial charge in [-0.15, -0.1) is 0 Å². The first kappa shape index (κ1) is 19.2. The van der Waals surface area contributed by atoms with Crippen LogP contribution in [0.15, 0.2) is 39.8 Å². The van der Waals surface area contributed by atoms with E-state index in [0.29, 0.717) is 22.2 Å². The van der Waals surface area contributed by atoms with Gasteiger partial charge in [0.1, 0.15) is 11.1 Å². The first-order valence-corrected chi connectivity index (χ1v) is 10.9. The number of carbonyl (C=O) groups excluding carboxylic acids is 2. The molecule has 1 fully saturated rings. The molecule has 0 N–H and O–H groups in total. The lowest BCUT2D eigenvalue weighted by Gasteiger charge is -2.22. The van der Waals surface area contributed by atoms with Crippen molar-refractivity contribution in [3.8, 4) is 6.07 Å². The number of thioether (sulfide) groups is 1. The van der Waals surface area contributed by atoms with E-state index in [1.807, 2.05) is 6.07 Å². The smallest absolute Gasteiger partial charge is 0.247 e. The minimum atomic E-state index is -0.559. The average molecular weight is 456 g/mol. The van der Waals surface area contributed by atoms with Gasteiger partial charge in [-0.2, -0.15) is 5.26 Å². The van der Waals surface area contributed by atoms with Crippen LogP contribution in [-0.4, -0.2) is 22.0 Å². The summed E-state index contributed by atoms with van der Waals surface area (Å²) < 4.78 is 0.882. The van der Waals surface area contributed by atoms with Gasteiger partial charge in [-0.05, 0) is 61.1 Å². The van der Waals surface area contributed by atoms with Crippen molar-refractivity contribution < 1.29 is 9.59 Å². The van der Waals surface area contributed by atoms with Crippen molar-refractivity contribution in [3.63, 3.8) is 0 Å². The molecule has 0 spiro atoms. The maximum atomic E-state index is 12.9. The highest BCUT2D eigenvalue weighted by Crippen LogP contribution is 2.36. The normalized spacial score (nSPS) is 21.5. The van der Waals surface area contributed by atoms with Crippen LogP contribution < -0.4 is 4.90 Å². The Morgan fingerprint density at radius 2 is 2.00 bits per heavy atom. The van der Waals surface area contributed by atoms with E-state index in [0.717, 1.165) is 35.0 Å². The van der Waals surface area contributed by atoms with Crippen molar-refractivity contribution >= 4 is 45.2 Å². The van der Waals surface area contributed by atoms with Crippen molar-refractivity contribution in [1.82, 2.24) is 4.98 Å². The average Bonchev–Trinajstić information content (AvgIpc) is 2.95. The third-order valence-corrected chi connectivity index (χ3v) is 6.88. The number of imide groups is 1. The Morgan fingerprint density at radius 3 is 2.71 bits per heavy atom. The van der Waals surface area contributed by atoms with Crippen molar-refractivity contribution in [2.24, 2.45) is 5.92 Å². The Morgan fingerprint density at radius 1 is 1.25 bits per heavy atom. The monoisotopic (exact) mass is 455 g/mol. The van der Waals surface area contributed by atoms with Gasteiger partial charge in [0.15, 0.2) is 0 Å². The number of halogens is 1. The Kier molecular flexibility index (Phi) is 5.26. The second kappa shape index (κ2) is 7.69. The summed E-state index contributed by atoms with van der Waals surface area (Å²) in [5.41, 5.74) is 3.19. The highest BCUT2D eigenvalue weighted by Gasteiger charge is 2.40. The Labute approximate surface area is 176 Å². The number of rotatable bonds is 3. The molecule has 1 aromatic carbocycles. The summed E-state index contributed by atoms with van der Waals surface area (Å²) in [5.74, 6) is 0.109. The van der Waals surface area contributed by atoms with Crippen LogP contribution in [0.5, 0.6) is 0 Å². The summed E-state index contributed by atoms with van der Waals surface area (Å²) >= 11 is 4.59. The van der Waals surface area contributed by atoms with Crippen molar-refractivity contribution in [2.75, 3.05) is 4.90 Å². The molecule has 1 saturated heterocycles. The number of fused-ring (bicyclic) bond motifs is 1. The number of hydrogen-bond acceptors (Lipinski definition) is 5. The van der Waals surface area contributed by atoms with Gasteiger partial charge in [-0.3, -0.25) is 9.59 Å². The van der Waals surface area contributed by atoms with E-state index >= 15 is 0 Å². The summed E-state index contributed by atoms with van der Waals surface area (Å²) in [6.45, 7) is 2.21. The highest BCUT2D eigenvalue weighted by atomic mass is 79.9. The van der Waals surface area contributed by atoms with Gasteiger partial charge in [0, 0.05) is 16.6 Å². The molecule has 5 nitrogen and oxygen atoms in total. The van der Waals surface area contributed by atoms with Gasteiger partial charge in [0.25, 0.3) is 0 Å². The van der Waals surface area contributed by atoms with Gasteiger partial charge in [0.05, 0.1) is 16.5 Å². The summed E-state index contributed by atoms with van der Waals surface area (Å²) in [7, 11) is 0. The quantitative estimate of drug-likeness (QED) is 0.646. The fourth-order valence-corrected chi connectivity index (χ4v) is 5.05. The number of aryl methyl sites for hydroxylation is 1. The minimum absolute atomic E-state index is 0.111. The highest BCUT2D eigenvalue weighted by molar-refractivity contribution is 9.10. The van der Waals surface area contributed by atoms with E-state index in [4.69, 9.17) is 4.98 Å². The van der Waals surface area contributed by atoms with E-state index in [9.17, 15) is 14.9 Å². The minimum Gasteiger partial charge on any atom is -0.274 e. The van der Waals surface area contributed by atoms with Gasteiger partial charge in [-0.25, -0.2) is 9.88 Å². The lowest BCUT2D eigenvalue weighted by molar-refractivity contribution is -0.121. The first-order chi connectivity index (χ1) is 13.5. The largest absolute Gasteiger partial charge is 0.274 e. The van der Waals surface area contributed by atoms with Crippen molar-refractivity contribution in [2.45, 2.75) is 42.9 Å². The molecule has 1 aromatic heterocycles. The number of anilines is 1. The lowest BCUT2D eigenvalue weighted by Crippen LogP contribution is -2.31. The summed E-state index contributed by atoms with van der Waals surface area (Å²) in [6, 6.07) is 11.2. The third-order valence-electron chi connectivity index (χ3n) is 5.16. The predicted molar refractivity (Wildman–Crippen MR) is 111 cm³/mol. The number of pyridine rings is 1. The molecule has 1 aliphatic heterocycles. The number of benzene rings is 1. The van der Waals surface area contributed by atoms with Gasteiger partial charge >= 0.3 is 0 Å². The SMILES string of the molecule is C[C@@H]1CCc2nc(S[C@H]3CC(=O)N(c4ccc(Br)cc4)C3=O)c(C#N)cc2C1. The van der Waals surface area contributed by atoms with Crippen LogP contribution >= 0.6 is 27.7 Å². The van der Waals surface area contributed by atoms with Crippen LogP contribution in [0, 0.1) is 17.2 Å². The molecule has 2 heterocycles. The number of carbonyl (C=O) groups is 2. The zero-order chi connectivity index (χ0) is 19.8. The maximum absolute atomic E-state index is 12.9. The summed E-state index contributed by atoms with van der Waals surface area (Å²) in [6.07, 6.45) is 3.01. The van der Waals surface area contributed by atoms with E-state index in [1.165, 1.54) is 16.7 Å².